The summed E-state index contributed by atoms with van der Waals surface area (Å²) in [5.41, 5.74) is -0.819. The summed E-state index contributed by atoms with van der Waals surface area (Å²) in [5.74, 6) is -0.259. The van der Waals surface area contributed by atoms with Crippen molar-refractivity contribution in [2.75, 3.05) is 18.5 Å². The number of ether oxygens (including phenoxy) is 1. The molecule has 1 amide bonds. The van der Waals surface area contributed by atoms with Gasteiger partial charge in [0.15, 0.2) is 5.75 Å². The van der Waals surface area contributed by atoms with Gasteiger partial charge in [-0.2, -0.15) is 0 Å². The summed E-state index contributed by atoms with van der Waals surface area (Å²) < 4.78 is 5.15. The van der Waals surface area contributed by atoms with Crippen LogP contribution in [0.25, 0.3) is 0 Å². The van der Waals surface area contributed by atoms with Gasteiger partial charge < -0.3 is 20.5 Å². The lowest BCUT2D eigenvalue weighted by Crippen LogP contribution is -2.48. The van der Waals surface area contributed by atoms with Gasteiger partial charge in [-0.25, -0.2) is 0 Å². The number of anilines is 2. The molecule has 0 spiro atoms. The first-order chi connectivity index (χ1) is 11.8. The van der Waals surface area contributed by atoms with E-state index in [4.69, 9.17) is 4.74 Å². The van der Waals surface area contributed by atoms with Crippen molar-refractivity contribution in [3.05, 3.63) is 50.3 Å². The van der Waals surface area contributed by atoms with Crippen LogP contribution in [0.5, 0.6) is 5.75 Å². The van der Waals surface area contributed by atoms with Gasteiger partial charge in [0.25, 0.3) is 16.8 Å². The number of amides is 1. The van der Waals surface area contributed by atoms with Crippen LogP contribution >= 0.6 is 0 Å². The Morgan fingerprint density at radius 1 is 1.16 bits per heavy atom. The van der Waals surface area contributed by atoms with Crippen molar-refractivity contribution in [2.24, 2.45) is 0 Å². The Labute approximate surface area is 145 Å². The Balaban J connectivity index is 2.11. The van der Waals surface area contributed by atoms with Gasteiger partial charge in [0.2, 0.25) is 0 Å². The van der Waals surface area contributed by atoms with Gasteiger partial charge in [-0.15, -0.1) is 0 Å². The Hall–Kier alpha value is -2.67. The van der Waals surface area contributed by atoms with Crippen LogP contribution in [0.15, 0.2) is 33.9 Å². The van der Waals surface area contributed by atoms with E-state index in [0.29, 0.717) is 24.3 Å². The number of aliphatic hydroxyl groups excluding tert-OH is 1. The molecule has 1 atom stereocenters. The van der Waals surface area contributed by atoms with E-state index >= 15 is 0 Å². The van der Waals surface area contributed by atoms with Crippen molar-refractivity contribution in [3.8, 4) is 5.75 Å². The minimum Gasteiger partial charge on any atom is -0.488 e. The van der Waals surface area contributed by atoms with Crippen molar-refractivity contribution in [2.45, 2.75) is 32.7 Å². The second-order valence-corrected chi connectivity index (χ2v) is 6.02. The normalized spacial score (nSPS) is 13.3. The molecule has 0 aliphatic heterocycles. The highest BCUT2D eigenvalue weighted by Crippen LogP contribution is 2.23. The number of rotatable bonds is 8. The van der Waals surface area contributed by atoms with Gasteiger partial charge in [0.05, 0.1) is 18.8 Å². The SMILES string of the molecule is CCOc1c(Nc2ccc(C(=O)NC(C)(CC)CO)cc2)c(=O)c1=O. The largest absolute Gasteiger partial charge is 0.488 e. The number of benzene rings is 1. The van der Waals surface area contributed by atoms with Crippen molar-refractivity contribution >= 4 is 17.3 Å². The number of hydrogen-bond donors (Lipinski definition) is 3. The lowest BCUT2D eigenvalue weighted by molar-refractivity contribution is 0.0847. The molecule has 0 aliphatic carbocycles. The average Bonchev–Trinajstić information content (AvgIpc) is 2.64. The van der Waals surface area contributed by atoms with E-state index in [9.17, 15) is 19.5 Å². The summed E-state index contributed by atoms with van der Waals surface area (Å²) in [6, 6.07) is 6.45. The van der Waals surface area contributed by atoms with Crippen molar-refractivity contribution in [1.29, 1.82) is 0 Å². The van der Waals surface area contributed by atoms with E-state index < -0.39 is 16.4 Å². The molecular formula is C18H22N2O5. The van der Waals surface area contributed by atoms with Crippen molar-refractivity contribution < 1.29 is 14.6 Å². The van der Waals surface area contributed by atoms with E-state index in [0.717, 1.165) is 0 Å². The Morgan fingerprint density at radius 2 is 1.80 bits per heavy atom. The minimum absolute atomic E-state index is 0.0379. The molecule has 0 heterocycles. The molecule has 0 fully saturated rings. The molecule has 3 N–H and O–H groups in total. The molecule has 7 nitrogen and oxygen atoms in total. The van der Waals surface area contributed by atoms with Gasteiger partial charge >= 0.3 is 0 Å². The Bertz CT molecular complexity index is 815. The highest BCUT2D eigenvalue weighted by molar-refractivity contribution is 5.95. The van der Waals surface area contributed by atoms with Crippen LogP contribution in [-0.4, -0.2) is 29.8 Å². The van der Waals surface area contributed by atoms with Crippen LogP contribution in [0.2, 0.25) is 0 Å². The van der Waals surface area contributed by atoms with Gasteiger partial charge in [0.1, 0.15) is 5.69 Å². The molecule has 0 radical (unpaired) electrons. The molecule has 1 unspecified atom stereocenters. The van der Waals surface area contributed by atoms with Gasteiger partial charge in [0, 0.05) is 11.3 Å². The summed E-state index contributed by atoms with van der Waals surface area (Å²) in [7, 11) is 0. The molecule has 0 aliphatic rings. The highest BCUT2D eigenvalue weighted by Gasteiger charge is 2.24. The first-order valence-electron chi connectivity index (χ1n) is 8.11. The molecule has 0 saturated carbocycles. The Morgan fingerprint density at radius 3 is 2.32 bits per heavy atom. The van der Waals surface area contributed by atoms with Crippen molar-refractivity contribution in [1.82, 2.24) is 5.32 Å². The topological polar surface area (TPSA) is 105 Å². The summed E-state index contributed by atoms with van der Waals surface area (Å²) in [5, 5.41) is 15.0. The maximum absolute atomic E-state index is 12.2. The predicted molar refractivity (Wildman–Crippen MR) is 95.5 cm³/mol. The smallest absolute Gasteiger partial charge is 0.272 e. The number of hydrogen-bond acceptors (Lipinski definition) is 6. The molecule has 2 aromatic rings. The van der Waals surface area contributed by atoms with E-state index in [1.165, 1.54) is 0 Å². The first-order valence-corrected chi connectivity index (χ1v) is 8.11. The number of aliphatic hydroxyl groups is 1. The fourth-order valence-corrected chi connectivity index (χ4v) is 2.20. The second-order valence-electron chi connectivity index (χ2n) is 6.02. The third-order valence-corrected chi connectivity index (χ3v) is 4.12. The molecular weight excluding hydrogens is 324 g/mol. The molecule has 25 heavy (non-hydrogen) atoms. The highest BCUT2D eigenvalue weighted by atomic mass is 16.5. The van der Waals surface area contributed by atoms with E-state index in [2.05, 4.69) is 10.6 Å². The second kappa shape index (κ2) is 7.48. The average molecular weight is 346 g/mol. The van der Waals surface area contributed by atoms with Crippen LogP contribution in [0, 0.1) is 0 Å². The van der Waals surface area contributed by atoms with E-state index in [-0.39, 0.29) is 24.0 Å². The van der Waals surface area contributed by atoms with Crippen LogP contribution < -0.4 is 26.2 Å². The fourth-order valence-electron chi connectivity index (χ4n) is 2.20. The zero-order chi connectivity index (χ0) is 18.6. The van der Waals surface area contributed by atoms with E-state index in [1.54, 1.807) is 38.1 Å². The molecule has 0 aromatic heterocycles. The Kier molecular flexibility index (Phi) is 5.58. The molecule has 7 heteroatoms. The zero-order valence-electron chi connectivity index (χ0n) is 14.5. The van der Waals surface area contributed by atoms with Gasteiger partial charge in [-0.3, -0.25) is 14.4 Å². The predicted octanol–water partition coefficient (Wildman–Crippen LogP) is 1.32. The third-order valence-electron chi connectivity index (χ3n) is 4.12. The minimum atomic E-state index is -0.677. The molecule has 0 bridgehead atoms. The monoisotopic (exact) mass is 346 g/mol. The summed E-state index contributed by atoms with van der Waals surface area (Å²) in [6.45, 7) is 5.51. The molecule has 2 aromatic carbocycles. The number of carbonyl (C=O) groups is 1. The van der Waals surface area contributed by atoms with Crippen LogP contribution in [0.4, 0.5) is 11.4 Å². The maximum atomic E-state index is 12.2. The molecule has 2 rings (SSSR count). The zero-order valence-corrected chi connectivity index (χ0v) is 14.5. The van der Waals surface area contributed by atoms with Crippen LogP contribution in [-0.2, 0) is 0 Å². The van der Waals surface area contributed by atoms with E-state index in [1.807, 2.05) is 6.92 Å². The number of nitrogens with one attached hydrogen (secondary N) is 2. The first kappa shape index (κ1) is 18.7. The molecule has 0 saturated heterocycles. The summed E-state index contributed by atoms with van der Waals surface area (Å²) in [4.78, 5) is 35.3. The summed E-state index contributed by atoms with van der Waals surface area (Å²) in [6.07, 6.45) is 0.597. The van der Waals surface area contributed by atoms with Gasteiger partial charge in [-0.1, -0.05) is 6.92 Å². The number of carbonyl (C=O) groups excluding carboxylic acids is 1. The quantitative estimate of drug-likeness (QED) is 0.623. The third kappa shape index (κ3) is 3.88. The standard InChI is InChI=1S/C18H22N2O5/c1-4-18(3,10-21)20-17(24)11-6-8-12(9-7-11)19-13-14(22)15(23)16(13)25-5-2/h6-9,19,21H,4-5,10H2,1-3H3,(H,20,24). The maximum Gasteiger partial charge on any atom is 0.272 e. The van der Waals surface area contributed by atoms with Gasteiger partial charge in [-0.05, 0) is 44.5 Å². The van der Waals surface area contributed by atoms with Crippen LogP contribution in [0.3, 0.4) is 0 Å². The lowest BCUT2D eigenvalue weighted by atomic mass is 9.99. The molecule has 134 valence electrons. The fraction of sp³-hybridized carbons (Fsp3) is 0.389. The summed E-state index contributed by atoms with van der Waals surface area (Å²) >= 11 is 0. The van der Waals surface area contributed by atoms with Crippen LogP contribution in [0.1, 0.15) is 37.6 Å². The lowest BCUT2D eigenvalue weighted by Gasteiger charge is -2.27. The van der Waals surface area contributed by atoms with Crippen molar-refractivity contribution in [3.63, 3.8) is 0 Å².